The van der Waals surface area contributed by atoms with E-state index in [4.69, 9.17) is 0 Å². The lowest BCUT2D eigenvalue weighted by Gasteiger charge is -2.17. The molecule has 2 rings (SSSR count). The van der Waals surface area contributed by atoms with Gasteiger partial charge in [0.05, 0.1) is 11.3 Å². The van der Waals surface area contributed by atoms with Crippen molar-refractivity contribution in [1.29, 1.82) is 0 Å². The molecule has 1 N–H and O–H groups in total. The van der Waals surface area contributed by atoms with Crippen molar-refractivity contribution in [2.75, 3.05) is 19.3 Å². The first-order chi connectivity index (χ1) is 9.84. The fourth-order valence-corrected chi connectivity index (χ4v) is 3.37. The van der Waals surface area contributed by atoms with E-state index in [9.17, 15) is 4.79 Å². The molecule has 0 spiro atoms. The Hall–Kier alpha value is -1.32. The van der Waals surface area contributed by atoms with Gasteiger partial charge >= 0.3 is 0 Å². The summed E-state index contributed by atoms with van der Waals surface area (Å²) in [6, 6.07) is 0. The fraction of sp³-hybridized carbons (Fsp3) is 0.625. The summed E-state index contributed by atoms with van der Waals surface area (Å²) >= 11 is 1.79. The molecule has 116 valence electrons. The molecule has 1 aromatic heterocycles. The normalized spacial score (nSPS) is 15.5. The van der Waals surface area contributed by atoms with E-state index in [0.717, 1.165) is 41.5 Å². The third-order valence-corrected chi connectivity index (χ3v) is 4.63. The van der Waals surface area contributed by atoms with Crippen molar-refractivity contribution in [2.24, 2.45) is 0 Å². The standard InChI is InChI=1S/C16H25N3OS/c1-6-9-19-15(20)12(14(17-19)16(2,3)4)7-8-13-18(5)10-11-21-13/h7,17H,6,9-11H2,1-5H3. The van der Waals surface area contributed by atoms with Gasteiger partial charge in [0.1, 0.15) is 5.03 Å². The fourth-order valence-electron chi connectivity index (χ4n) is 2.36. The van der Waals surface area contributed by atoms with Crippen molar-refractivity contribution in [1.82, 2.24) is 14.7 Å². The smallest absolute Gasteiger partial charge is 0.274 e. The lowest BCUT2D eigenvalue weighted by Crippen LogP contribution is -2.17. The highest BCUT2D eigenvalue weighted by atomic mass is 32.2. The predicted octanol–water partition coefficient (Wildman–Crippen LogP) is 3.02. The molecule has 2 heterocycles. The number of H-pyrrole nitrogens is 1. The van der Waals surface area contributed by atoms with Crippen LogP contribution in [0.5, 0.6) is 0 Å². The molecule has 1 aliphatic rings. The molecule has 1 aliphatic heterocycles. The van der Waals surface area contributed by atoms with E-state index in [-0.39, 0.29) is 11.0 Å². The minimum Gasteiger partial charge on any atom is -0.362 e. The maximum Gasteiger partial charge on any atom is 0.274 e. The maximum atomic E-state index is 12.5. The molecule has 4 nitrogen and oxygen atoms in total. The van der Waals surface area contributed by atoms with E-state index in [2.05, 4.69) is 50.5 Å². The Bertz CT molecular complexity index is 627. The number of nitrogens with one attached hydrogen (secondary N) is 1. The molecule has 0 aromatic carbocycles. The number of hydrogen-bond acceptors (Lipinski definition) is 3. The van der Waals surface area contributed by atoms with E-state index in [0.29, 0.717) is 0 Å². The van der Waals surface area contributed by atoms with E-state index in [1.165, 1.54) is 0 Å². The summed E-state index contributed by atoms with van der Waals surface area (Å²) in [5.74, 6) is 1.09. The highest BCUT2D eigenvalue weighted by molar-refractivity contribution is 8.03. The Morgan fingerprint density at radius 2 is 2.14 bits per heavy atom. The van der Waals surface area contributed by atoms with E-state index in [1.807, 2.05) is 6.08 Å². The minimum atomic E-state index is -0.0922. The summed E-state index contributed by atoms with van der Waals surface area (Å²) in [6.45, 7) is 10.2. The van der Waals surface area contributed by atoms with Gasteiger partial charge in [-0.15, -0.1) is 0 Å². The second-order valence-electron chi connectivity index (χ2n) is 6.47. The second-order valence-corrected chi connectivity index (χ2v) is 7.55. The SMILES string of the molecule is CCCn1[nH]c(C(C)(C)C)c(C=C=C2SCCN2C)c1=O. The van der Waals surface area contributed by atoms with Crippen LogP contribution in [0.1, 0.15) is 45.4 Å². The molecule has 5 heteroatoms. The number of aromatic amines is 1. The Morgan fingerprint density at radius 1 is 1.43 bits per heavy atom. The molecule has 0 unspecified atom stereocenters. The van der Waals surface area contributed by atoms with Crippen LogP contribution in [-0.4, -0.2) is 34.0 Å². The van der Waals surface area contributed by atoms with Crippen LogP contribution in [0.15, 0.2) is 15.6 Å². The Morgan fingerprint density at radius 3 is 2.67 bits per heavy atom. The van der Waals surface area contributed by atoms with Gasteiger partial charge < -0.3 is 4.90 Å². The van der Waals surface area contributed by atoms with Crippen LogP contribution in [0.4, 0.5) is 0 Å². The van der Waals surface area contributed by atoms with E-state index in [1.54, 1.807) is 16.4 Å². The number of thioether (sulfide) groups is 1. The summed E-state index contributed by atoms with van der Waals surface area (Å²) in [5.41, 5.74) is 4.99. The molecule has 1 fully saturated rings. The van der Waals surface area contributed by atoms with Gasteiger partial charge in [-0.05, 0) is 12.5 Å². The van der Waals surface area contributed by atoms with Crippen LogP contribution in [0.3, 0.4) is 0 Å². The van der Waals surface area contributed by atoms with Crippen molar-refractivity contribution in [2.45, 2.75) is 46.1 Å². The Kier molecular flexibility index (Phi) is 4.74. The zero-order valence-electron chi connectivity index (χ0n) is 13.6. The minimum absolute atomic E-state index is 0.0560. The molecule has 0 aliphatic carbocycles. The average molecular weight is 307 g/mol. The number of aryl methyl sites for hydroxylation is 1. The van der Waals surface area contributed by atoms with Crippen molar-refractivity contribution < 1.29 is 0 Å². The van der Waals surface area contributed by atoms with Crippen molar-refractivity contribution in [3.05, 3.63) is 32.4 Å². The number of hydrogen-bond donors (Lipinski definition) is 1. The van der Waals surface area contributed by atoms with Crippen molar-refractivity contribution in [3.63, 3.8) is 0 Å². The lowest BCUT2D eigenvalue weighted by molar-refractivity contribution is 0.494. The summed E-state index contributed by atoms with van der Waals surface area (Å²) < 4.78 is 1.71. The predicted molar refractivity (Wildman–Crippen MR) is 90.6 cm³/mol. The van der Waals surface area contributed by atoms with Gasteiger partial charge in [-0.25, -0.2) is 0 Å². The molecule has 1 saturated heterocycles. The van der Waals surface area contributed by atoms with Gasteiger partial charge in [-0.1, -0.05) is 45.2 Å². The largest absolute Gasteiger partial charge is 0.362 e. The summed E-state index contributed by atoms with van der Waals surface area (Å²) in [7, 11) is 2.06. The number of nitrogens with zero attached hydrogens (tertiary/aromatic N) is 2. The van der Waals surface area contributed by atoms with Gasteiger partial charge in [-0.3, -0.25) is 14.6 Å². The second kappa shape index (κ2) is 6.20. The van der Waals surface area contributed by atoms with Crippen molar-refractivity contribution in [3.8, 4) is 0 Å². The molecule has 0 bridgehead atoms. The average Bonchev–Trinajstić information content (AvgIpc) is 2.93. The highest BCUT2D eigenvalue weighted by Gasteiger charge is 2.23. The first-order valence-corrected chi connectivity index (χ1v) is 8.47. The van der Waals surface area contributed by atoms with Crippen LogP contribution < -0.4 is 5.56 Å². The van der Waals surface area contributed by atoms with E-state index < -0.39 is 0 Å². The third kappa shape index (κ3) is 3.47. The number of rotatable bonds is 3. The number of aromatic nitrogens is 2. The Balaban J connectivity index is 2.51. The molecule has 0 amide bonds. The first-order valence-electron chi connectivity index (χ1n) is 7.48. The summed E-state index contributed by atoms with van der Waals surface area (Å²) in [6.07, 6.45) is 2.79. The topological polar surface area (TPSA) is 41.0 Å². The molecular formula is C16H25N3OS. The monoisotopic (exact) mass is 307 g/mol. The van der Waals surface area contributed by atoms with Gasteiger partial charge in [0.15, 0.2) is 0 Å². The quantitative estimate of drug-likeness (QED) is 0.873. The van der Waals surface area contributed by atoms with Crippen LogP contribution in [-0.2, 0) is 12.0 Å². The van der Waals surface area contributed by atoms with Gasteiger partial charge in [-0.2, -0.15) is 0 Å². The maximum absolute atomic E-state index is 12.5. The molecule has 0 atom stereocenters. The summed E-state index contributed by atoms with van der Waals surface area (Å²) in [5, 5.41) is 4.39. The van der Waals surface area contributed by atoms with Crippen LogP contribution in [0.25, 0.3) is 6.08 Å². The van der Waals surface area contributed by atoms with E-state index >= 15 is 0 Å². The molecule has 0 saturated carbocycles. The lowest BCUT2D eigenvalue weighted by atomic mass is 9.89. The zero-order valence-corrected chi connectivity index (χ0v) is 14.4. The summed E-state index contributed by atoms with van der Waals surface area (Å²) in [4.78, 5) is 14.7. The van der Waals surface area contributed by atoms with Gasteiger partial charge in [0.2, 0.25) is 0 Å². The first kappa shape index (κ1) is 16.1. The Labute approximate surface area is 130 Å². The van der Waals surface area contributed by atoms with Crippen LogP contribution in [0.2, 0.25) is 0 Å². The molecule has 0 radical (unpaired) electrons. The van der Waals surface area contributed by atoms with Crippen LogP contribution >= 0.6 is 11.8 Å². The van der Waals surface area contributed by atoms with Gasteiger partial charge in [0.25, 0.3) is 5.56 Å². The molecular weight excluding hydrogens is 282 g/mol. The highest BCUT2D eigenvalue weighted by Crippen LogP contribution is 2.26. The van der Waals surface area contributed by atoms with Crippen molar-refractivity contribution >= 4 is 17.8 Å². The molecule has 21 heavy (non-hydrogen) atoms. The molecule has 1 aromatic rings. The van der Waals surface area contributed by atoms with Gasteiger partial charge in [0, 0.05) is 31.3 Å². The zero-order chi connectivity index (χ0) is 15.6. The third-order valence-electron chi connectivity index (χ3n) is 3.54. The van der Waals surface area contributed by atoms with Crippen LogP contribution in [0, 0.1) is 0 Å².